The quantitative estimate of drug-likeness (QED) is 0.786. The number of carbonyl (C=O) groups excluding carboxylic acids is 2. The molecule has 0 aromatic rings. The molecular weight excluding hydrogens is 256 g/mol. The fraction of sp³-hybridized carbons (Fsp3) is 0.867. The van der Waals surface area contributed by atoms with E-state index in [0.29, 0.717) is 19.5 Å². The second-order valence-corrected chi connectivity index (χ2v) is 7.93. The first kappa shape index (κ1) is 15.4. The molecule has 0 aromatic heterocycles. The standard InChI is InChI=1S/C15H26N2O3/c1-14(2,3)11-6-12(18)16(13(11)19)8-10-7-15(4,5)17(20)9-10/h10-11,20H,6-9H2,1-5H3. The van der Waals surface area contributed by atoms with Gasteiger partial charge in [0.1, 0.15) is 0 Å². The van der Waals surface area contributed by atoms with Crippen LogP contribution in [0.3, 0.4) is 0 Å². The van der Waals surface area contributed by atoms with E-state index in [1.165, 1.54) is 9.96 Å². The van der Waals surface area contributed by atoms with Crippen LogP contribution in [0.4, 0.5) is 0 Å². The number of amides is 2. The highest BCUT2D eigenvalue weighted by molar-refractivity contribution is 6.03. The third kappa shape index (κ3) is 2.74. The zero-order chi connectivity index (χ0) is 15.3. The first-order valence-electron chi connectivity index (χ1n) is 7.33. The lowest BCUT2D eigenvalue weighted by molar-refractivity contribution is -0.143. The van der Waals surface area contributed by atoms with Crippen molar-refractivity contribution in [2.45, 2.75) is 53.0 Å². The van der Waals surface area contributed by atoms with Gasteiger partial charge in [-0.25, -0.2) is 0 Å². The predicted molar refractivity (Wildman–Crippen MR) is 75.0 cm³/mol. The topological polar surface area (TPSA) is 60.9 Å². The summed E-state index contributed by atoms with van der Waals surface area (Å²) in [5, 5.41) is 11.2. The molecule has 5 nitrogen and oxygen atoms in total. The number of carbonyl (C=O) groups is 2. The molecule has 0 aromatic carbocycles. The number of rotatable bonds is 2. The summed E-state index contributed by atoms with van der Waals surface area (Å²) in [6, 6.07) is 0. The summed E-state index contributed by atoms with van der Waals surface area (Å²) in [5.74, 6) is -0.169. The highest BCUT2D eigenvalue weighted by Crippen LogP contribution is 2.37. The zero-order valence-electron chi connectivity index (χ0n) is 13.1. The Morgan fingerprint density at radius 1 is 1.30 bits per heavy atom. The van der Waals surface area contributed by atoms with Gasteiger partial charge in [-0.3, -0.25) is 14.5 Å². The maximum absolute atomic E-state index is 12.4. The third-order valence-corrected chi connectivity index (χ3v) is 4.65. The van der Waals surface area contributed by atoms with Crippen LogP contribution in [0.5, 0.6) is 0 Å². The van der Waals surface area contributed by atoms with Crippen molar-refractivity contribution in [3.8, 4) is 0 Å². The van der Waals surface area contributed by atoms with Crippen molar-refractivity contribution in [2.75, 3.05) is 13.1 Å². The molecule has 20 heavy (non-hydrogen) atoms. The maximum Gasteiger partial charge on any atom is 0.233 e. The molecule has 2 atom stereocenters. The van der Waals surface area contributed by atoms with E-state index in [1.807, 2.05) is 34.6 Å². The minimum Gasteiger partial charge on any atom is -0.313 e. The molecular formula is C15H26N2O3. The first-order chi connectivity index (χ1) is 9.02. The molecule has 2 heterocycles. The summed E-state index contributed by atoms with van der Waals surface area (Å²) in [6.07, 6.45) is 1.11. The van der Waals surface area contributed by atoms with E-state index in [0.717, 1.165) is 6.42 Å². The van der Waals surface area contributed by atoms with Crippen molar-refractivity contribution in [3.05, 3.63) is 0 Å². The molecule has 2 saturated heterocycles. The van der Waals surface area contributed by atoms with Gasteiger partial charge >= 0.3 is 0 Å². The summed E-state index contributed by atoms with van der Waals surface area (Å²) in [5.41, 5.74) is -0.459. The van der Waals surface area contributed by atoms with Gasteiger partial charge in [0.2, 0.25) is 11.8 Å². The molecule has 2 fully saturated rings. The highest BCUT2D eigenvalue weighted by Gasteiger charge is 2.47. The number of hydrogen-bond acceptors (Lipinski definition) is 4. The van der Waals surface area contributed by atoms with Gasteiger partial charge in [0.15, 0.2) is 0 Å². The fourth-order valence-corrected chi connectivity index (χ4v) is 3.30. The summed E-state index contributed by atoms with van der Waals surface area (Å²) in [4.78, 5) is 25.9. The summed E-state index contributed by atoms with van der Waals surface area (Å²) >= 11 is 0. The monoisotopic (exact) mass is 282 g/mol. The van der Waals surface area contributed by atoms with Crippen molar-refractivity contribution >= 4 is 11.8 Å². The van der Waals surface area contributed by atoms with Crippen LogP contribution in [0.15, 0.2) is 0 Å². The second-order valence-electron chi connectivity index (χ2n) is 7.93. The molecule has 5 heteroatoms. The minimum atomic E-state index is -0.278. The smallest absolute Gasteiger partial charge is 0.233 e. The van der Waals surface area contributed by atoms with Gasteiger partial charge in [-0.05, 0) is 31.6 Å². The Kier molecular flexibility index (Phi) is 3.71. The molecule has 0 spiro atoms. The maximum atomic E-state index is 12.4. The van der Waals surface area contributed by atoms with E-state index in [9.17, 15) is 14.8 Å². The lowest BCUT2D eigenvalue weighted by atomic mass is 9.80. The summed E-state index contributed by atoms with van der Waals surface area (Å²) < 4.78 is 0. The Morgan fingerprint density at radius 2 is 1.90 bits per heavy atom. The SMILES string of the molecule is CC(C)(C)C1CC(=O)N(CC2CN(O)C(C)(C)C2)C1=O. The lowest BCUT2D eigenvalue weighted by Crippen LogP contribution is -2.38. The normalized spacial score (nSPS) is 31.4. The van der Waals surface area contributed by atoms with E-state index in [2.05, 4.69) is 0 Å². The van der Waals surface area contributed by atoms with Crippen LogP contribution in [0.1, 0.15) is 47.5 Å². The van der Waals surface area contributed by atoms with E-state index < -0.39 is 0 Å². The van der Waals surface area contributed by atoms with Gasteiger partial charge in [0.05, 0.1) is 5.92 Å². The van der Waals surface area contributed by atoms with Gasteiger partial charge in [-0.1, -0.05) is 20.8 Å². The molecule has 2 amide bonds. The summed E-state index contributed by atoms with van der Waals surface area (Å²) in [6.45, 7) is 10.9. The average molecular weight is 282 g/mol. The van der Waals surface area contributed by atoms with Crippen molar-refractivity contribution < 1.29 is 14.8 Å². The first-order valence-corrected chi connectivity index (χ1v) is 7.33. The Hall–Kier alpha value is -0.940. The Bertz CT molecular complexity index is 425. The van der Waals surface area contributed by atoms with E-state index in [-0.39, 0.29) is 34.6 Å². The molecule has 2 aliphatic heterocycles. The third-order valence-electron chi connectivity index (χ3n) is 4.65. The largest absolute Gasteiger partial charge is 0.313 e. The van der Waals surface area contributed by atoms with Crippen molar-refractivity contribution in [1.82, 2.24) is 9.96 Å². The van der Waals surface area contributed by atoms with E-state index in [1.54, 1.807) is 0 Å². The van der Waals surface area contributed by atoms with Crippen molar-refractivity contribution in [1.29, 1.82) is 0 Å². The van der Waals surface area contributed by atoms with Crippen LogP contribution < -0.4 is 0 Å². The van der Waals surface area contributed by atoms with Gasteiger partial charge in [0.25, 0.3) is 0 Å². The molecule has 0 bridgehead atoms. The molecule has 0 aliphatic carbocycles. The van der Waals surface area contributed by atoms with Crippen LogP contribution in [0, 0.1) is 17.3 Å². The Balaban J connectivity index is 2.04. The molecule has 2 aliphatic rings. The van der Waals surface area contributed by atoms with E-state index in [4.69, 9.17) is 0 Å². The molecule has 0 radical (unpaired) electrons. The van der Waals surface area contributed by atoms with Gasteiger partial charge in [-0.15, -0.1) is 0 Å². The van der Waals surface area contributed by atoms with E-state index >= 15 is 0 Å². The molecule has 1 N–H and O–H groups in total. The van der Waals surface area contributed by atoms with Gasteiger partial charge in [0, 0.05) is 25.0 Å². The number of nitrogens with zero attached hydrogens (tertiary/aromatic N) is 2. The number of hydroxylamine groups is 2. The van der Waals surface area contributed by atoms with Crippen molar-refractivity contribution in [3.63, 3.8) is 0 Å². The molecule has 2 unspecified atom stereocenters. The second kappa shape index (κ2) is 4.81. The van der Waals surface area contributed by atoms with Gasteiger partial charge in [-0.2, -0.15) is 5.06 Å². The average Bonchev–Trinajstić information content (AvgIpc) is 2.69. The number of hydrogen-bond donors (Lipinski definition) is 1. The number of likely N-dealkylation sites (tertiary alicyclic amines) is 1. The molecule has 114 valence electrons. The molecule has 2 rings (SSSR count). The lowest BCUT2D eigenvalue weighted by Gasteiger charge is -2.25. The van der Waals surface area contributed by atoms with Crippen LogP contribution in [-0.2, 0) is 9.59 Å². The van der Waals surface area contributed by atoms with Crippen molar-refractivity contribution in [2.24, 2.45) is 17.3 Å². The molecule has 0 saturated carbocycles. The zero-order valence-corrected chi connectivity index (χ0v) is 13.1. The van der Waals surface area contributed by atoms with Gasteiger partial charge < -0.3 is 5.21 Å². The van der Waals surface area contributed by atoms with Crippen LogP contribution in [0.2, 0.25) is 0 Å². The predicted octanol–water partition coefficient (Wildman–Crippen LogP) is 1.90. The number of imide groups is 1. The minimum absolute atomic E-state index is 0.0447. The summed E-state index contributed by atoms with van der Waals surface area (Å²) in [7, 11) is 0. The highest BCUT2D eigenvalue weighted by atomic mass is 16.5. The Morgan fingerprint density at radius 3 is 2.30 bits per heavy atom. The van der Waals surface area contributed by atoms with Crippen LogP contribution in [-0.4, -0.2) is 45.6 Å². The van der Waals surface area contributed by atoms with Crippen LogP contribution >= 0.6 is 0 Å². The Labute approximate surface area is 120 Å². The fourth-order valence-electron chi connectivity index (χ4n) is 3.30. The van der Waals surface area contributed by atoms with Crippen LogP contribution in [0.25, 0.3) is 0 Å².